The first kappa shape index (κ1) is 18.7. The number of aromatic nitrogens is 2. The molecule has 0 radical (unpaired) electrons. The van der Waals surface area contributed by atoms with Crippen LogP contribution >= 0.6 is 23.2 Å². The molecule has 0 saturated carbocycles. The predicted molar refractivity (Wildman–Crippen MR) is 97.5 cm³/mol. The highest BCUT2D eigenvalue weighted by molar-refractivity contribution is 6.35. The summed E-state index contributed by atoms with van der Waals surface area (Å²) in [5.41, 5.74) is 1.41. The molecule has 0 bridgehead atoms. The maximum Gasteiger partial charge on any atom is 0.325 e. The second-order valence-electron chi connectivity index (χ2n) is 6.12. The predicted octanol–water partition coefficient (Wildman–Crippen LogP) is 2.23. The van der Waals surface area contributed by atoms with Crippen LogP contribution in [0.25, 0.3) is 0 Å². The molecule has 3 rings (SSSR count). The Labute approximate surface area is 160 Å². The second kappa shape index (κ2) is 8.07. The lowest BCUT2D eigenvalue weighted by Gasteiger charge is -2.34. The highest BCUT2D eigenvalue weighted by Crippen LogP contribution is 2.22. The number of carbonyl (C=O) groups is 2. The number of hydrogen-bond donors (Lipinski definition) is 1. The van der Waals surface area contributed by atoms with E-state index >= 15 is 0 Å². The van der Waals surface area contributed by atoms with Crippen molar-refractivity contribution in [2.24, 2.45) is 0 Å². The average Bonchev–Trinajstić information content (AvgIpc) is 3.05. The Morgan fingerprint density at radius 3 is 2.54 bits per heavy atom. The number of piperazine rings is 1. The van der Waals surface area contributed by atoms with Gasteiger partial charge >= 0.3 is 5.97 Å². The number of nitrogens with zero attached hydrogens (tertiary/aromatic N) is 4. The topological polar surface area (TPSA) is 78.7 Å². The summed E-state index contributed by atoms with van der Waals surface area (Å²) >= 11 is 12.1. The number of hydrogen-bond acceptors (Lipinski definition) is 4. The van der Waals surface area contributed by atoms with Crippen molar-refractivity contribution in [3.63, 3.8) is 0 Å². The summed E-state index contributed by atoms with van der Waals surface area (Å²) in [4.78, 5) is 27.2. The third-order valence-corrected chi connectivity index (χ3v) is 4.83. The molecule has 26 heavy (non-hydrogen) atoms. The van der Waals surface area contributed by atoms with E-state index in [0.717, 1.165) is 18.7 Å². The van der Waals surface area contributed by atoms with Gasteiger partial charge in [0.05, 0.1) is 11.8 Å². The van der Waals surface area contributed by atoms with E-state index < -0.39 is 5.97 Å². The third-order valence-electron chi connectivity index (χ3n) is 4.25. The molecular weight excluding hydrogens is 379 g/mol. The molecule has 1 fully saturated rings. The zero-order valence-corrected chi connectivity index (χ0v) is 15.4. The third kappa shape index (κ3) is 4.55. The molecule has 1 aromatic carbocycles. The first-order valence-corrected chi connectivity index (χ1v) is 8.88. The van der Waals surface area contributed by atoms with Crippen molar-refractivity contribution in [1.29, 1.82) is 0 Å². The van der Waals surface area contributed by atoms with E-state index in [4.69, 9.17) is 28.3 Å². The zero-order valence-electron chi connectivity index (χ0n) is 13.9. The van der Waals surface area contributed by atoms with Gasteiger partial charge in [0.1, 0.15) is 6.54 Å². The molecule has 1 N–H and O–H groups in total. The molecule has 7 nitrogen and oxygen atoms in total. The lowest BCUT2D eigenvalue weighted by atomic mass is 10.2. The maximum absolute atomic E-state index is 12.5. The molecule has 9 heteroatoms. The molecule has 0 aliphatic carbocycles. The van der Waals surface area contributed by atoms with Crippen LogP contribution in [0.2, 0.25) is 10.0 Å². The van der Waals surface area contributed by atoms with E-state index in [9.17, 15) is 9.59 Å². The fourth-order valence-electron chi connectivity index (χ4n) is 2.88. The number of amides is 1. The molecular formula is C17H18Cl2N4O3. The highest BCUT2D eigenvalue weighted by atomic mass is 35.5. The van der Waals surface area contributed by atoms with Crippen LogP contribution in [-0.4, -0.2) is 62.7 Å². The van der Waals surface area contributed by atoms with Crippen molar-refractivity contribution in [2.45, 2.75) is 13.1 Å². The summed E-state index contributed by atoms with van der Waals surface area (Å²) in [5, 5.41) is 13.9. The largest absolute Gasteiger partial charge is 0.480 e. The number of aliphatic carboxylic acids is 1. The van der Waals surface area contributed by atoms with Crippen molar-refractivity contribution in [3.8, 4) is 0 Å². The van der Waals surface area contributed by atoms with Crippen LogP contribution in [0.3, 0.4) is 0 Å². The molecule has 1 aromatic heterocycles. The van der Waals surface area contributed by atoms with Gasteiger partial charge in [-0.1, -0.05) is 29.3 Å². The molecule has 0 atom stereocenters. The number of carboxylic acid groups (broad SMARTS) is 1. The number of carboxylic acids is 1. The minimum Gasteiger partial charge on any atom is -0.480 e. The van der Waals surface area contributed by atoms with E-state index in [0.29, 0.717) is 35.2 Å². The lowest BCUT2D eigenvalue weighted by Crippen LogP contribution is -2.48. The Kier molecular flexibility index (Phi) is 5.80. The van der Waals surface area contributed by atoms with Crippen molar-refractivity contribution < 1.29 is 14.7 Å². The summed E-state index contributed by atoms with van der Waals surface area (Å²) < 4.78 is 1.24. The van der Waals surface area contributed by atoms with Gasteiger partial charge < -0.3 is 10.0 Å². The van der Waals surface area contributed by atoms with E-state index in [2.05, 4.69) is 10.00 Å². The van der Waals surface area contributed by atoms with Crippen LogP contribution < -0.4 is 0 Å². The highest BCUT2D eigenvalue weighted by Gasteiger charge is 2.23. The van der Waals surface area contributed by atoms with Gasteiger partial charge in [-0.25, -0.2) is 0 Å². The minimum atomic E-state index is -0.999. The normalized spacial score (nSPS) is 15.2. The van der Waals surface area contributed by atoms with Gasteiger partial charge in [0.15, 0.2) is 0 Å². The number of halogens is 2. The number of benzene rings is 1. The van der Waals surface area contributed by atoms with E-state index in [1.165, 1.54) is 17.1 Å². The smallest absolute Gasteiger partial charge is 0.325 e. The van der Waals surface area contributed by atoms with Crippen molar-refractivity contribution >= 4 is 35.1 Å². The van der Waals surface area contributed by atoms with Gasteiger partial charge in [-0.3, -0.25) is 19.2 Å². The van der Waals surface area contributed by atoms with Gasteiger partial charge in [0, 0.05) is 49.0 Å². The molecule has 2 heterocycles. The maximum atomic E-state index is 12.5. The van der Waals surface area contributed by atoms with Gasteiger partial charge in [-0.15, -0.1) is 0 Å². The SMILES string of the molecule is O=C(O)Cn1cc(C(=O)N2CCN(Cc3ccc(Cl)cc3Cl)CC2)cn1. The Morgan fingerprint density at radius 2 is 1.88 bits per heavy atom. The Hall–Kier alpha value is -2.09. The monoisotopic (exact) mass is 396 g/mol. The minimum absolute atomic E-state index is 0.134. The first-order chi connectivity index (χ1) is 12.4. The van der Waals surface area contributed by atoms with Crippen molar-refractivity contribution in [1.82, 2.24) is 19.6 Å². The lowest BCUT2D eigenvalue weighted by molar-refractivity contribution is -0.137. The quantitative estimate of drug-likeness (QED) is 0.837. The molecule has 1 aliphatic heterocycles. The standard InChI is InChI=1S/C17H18Cl2N4O3/c18-14-2-1-12(15(19)7-14)9-21-3-5-22(6-4-21)17(26)13-8-20-23(10-13)11-16(24)25/h1-2,7-8,10H,3-6,9,11H2,(H,24,25). The van der Waals surface area contributed by atoms with Crippen LogP contribution in [-0.2, 0) is 17.9 Å². The van der Waals surface area contributed by atoms with E-state index in [1.807, 2.05) is 12.1 Å². The Bertz CT molecular complexity index is 816. The molecule has 0 unspecified atom stereocenters. The van der Waals surface area contributed by atoms with Crippen LogP contribution in [0, 0.1) is 0 Å². The summed E-state index contributed by atoms with van der Waals surface area (Å²) in [7, 11) is 0. The molecule has 1 amide bonds. The van der Waals surface area contributed by atoms with E-state index in [-0.39, 0.29) is 12.5 Å². The summed E-state index contributed by atoms with van der Waals surface area (Å²) in [6.07, 6.45) is 2.88. The molecule has 2 aromatic rings. The van der Waals surface area contributed by atoms with Crippen LogP contribution in [0.4, 0.5) is 0 Å². The summed E-state index contributed by atoms with van der Waals surface area (Å²) in [6, 6.07) is 5.46. The van der Waals surface area contributed by atoms with Crippen LogP contribution in [0.1, 0.15) is 15.9 Å². The summed E-state index contributed by atoms with van der Waals surface area (Å²) in [5.74, 6) is -1.13. The van der Waals surface area contributed by atoms with Crippen LogP contribution in [0.15, 0.2) is 30.6 Å². The molecule has 0 spiro atoms. The van der Waals surface area contributed by atoms with Gasteiger partial charge in [0.25, 0.3) is 5.91 Å². The Morgan fingerprint density at radius 1 is 1.15 bits per heavy atom. The van der Waals surface area contributed by atoms with E-state index in [1.54, 1.807) is 11.0 Å². The molecule has 1 saturated heterocycles. The first-order valence-electron chi connectivity index (χ1n) is 8.12. The van der Waals surface area contributed by atoms with Crippen molar-refractivity contribution in [3.05, 3.63) is 51.8 Å². The fourth-order valence-corrected chi connectivity index (χ4v) is 3.35. The number of carbonyl (C=O) groups excluding carboxylic acids is 1. The average molecular weight is 397 g/mol. The van der Waals surface area contributed by atoms with Crippen LogP contribution in [0.5, 0.6) is 0 Å². The van der Waals surface area contributed by atoms with Gasteiger partial charge in [0.2, 0.25) is 0 Å². The Balaban J connectivity index is 1.55. The van der Waals surface area contributed by atoms with Crippen molar-refractivity contribution in [2.75, 3.05) is 26.2 Å². The van der Waals surface area contributed by atoms with Gasteiger partial charge in [-0.05, 0) is 17.7 Å². The van der Waals surface area contributed by atoms with Gasteiger partial charge in [-0.2, -0.15) is 5.10 Å². The number of rotatable bonds is 5. The second-order valence-corrected chi connectivity index (χ2v) is 6.97. The fraction of sp³-hybridized carbons (Fsp3) is 0.353. The molecule has 1 aliphatic rings. The molecule has 138 valence electrons. The zero-order chi connectivity index (χ0) is 18.7. The summed E-state index contributed by atoms with van der Waals surface area (Å²) in [6.45, 7) is 3.09.